The summed E-state index contributed by atoms with van der Waals surface area (Å²) in [5, 5.41) is 23.2. The number of fused-ring (bicyclic) bond motifs is 7. The molecule has 0 unspecified atom stereocenters. The van der Waals surface area contributed by atoms with Gasteiger partial charge in [-0.15, -0.1) is 0 Å². The van der Waals surface area contributed by atoms with Gasteiger partial charge in [0, 0.05) is 34.8 Å². The van der Waals surface area contributed by atoms with Gasteiger partial charge >= 0.3 is 0 Å². The van der Waals surface area contributed by atoms with Crippen LogP contribution < -0.4 is 0 Å². The van der Waals surface area contributed by atoms with Crippen molar-refractivity contribution in [3.05, 3.63) is 48.0 Å². The molecule has 36 heavy (non-hydrogen) atoms. The number of carbonyl (C=O) groups excluding carboxylic acids is 2. The van der Waals surface area contributed by atoms with Crippen LogP contribution in [0.5, 0.6) is 0 Å². The summed E-state index contributed by atoms with van der Waals surface area (Å²) in [6.45, 7) is 3.36. The third-order valence-corrected chi connectivity index (χ3v) is 10.2. The number of hydrogen-bond donors (Lipinski definition) is 2. The van der Waals surface area contributed by atoms with Crippen LogP contribution in [0.4, 0.5) is 8.78 Å². The number of ketones is 2. The Balaban J connectivity index is 1.42. The van der Waals surface area contributed by atoms with E-state index in [4.69, 9.17) is 9.25 Å². The molecule has 0 bridgehead atoms. The Kier molecular flexibility index (Phi) is 5.14. The zero-order valence-corrected chi connectivity index (χ0v) is 20.3. The summed E-state index contributed by atoms with van der Waals surface area (Å²) < 4.78 is 38.1. The number of alkyl halides is 2. The van der Waals surface area contributed by atoms with Crippen LogP contribution in [0.1, 0.15) is 38.7 Å². The molecule has 1 aliphatic heterocycles. The second-order valence-corrected chi connectivity index (χ2v) is 11.7. The van der Waals surface area contributed by atoms with E-state index < -0.39 is 64.4 Å². The molecule has 0 radical (unpaired) electrons. The molecule has 4 fully saturated rings. The van der Waals surface area contributed by atoms with E-state index in [1.807, 2.05) is 6.92 Å². The highest BCUT2D eigenvalue weighted by Gasteiger charge is 2.79. The first-order chi connectivity index (χ1) is 17.0. The molecule has 0 aromatic carbocycles. The summed E-state index contributed by atoms with van der Waals surface area (Å²) in [5.74, 6) is -2.63. The molecule has 1 aromatic rings. The fourth-order valence-corrected chi connectivity index (χ4v) is 8.62. The van der Waals surface area contributed by atoms with Crippen LogP contribution in [0.15, 0.2) is 46.8 Å². The normalized spacial score (nSPS) is 47.7. The Labute approximate surface area is 207 Å². The minimum atomic E-state index is -2.22. The number of carbonyl (C=O) groups is 2. The lowest BCUT2D eigenvalue weighted by Gasteiger charge is -2.63. The van der Waals surface area contributed by atoms with Gasteiger partial charge < -0.3 is 14.6 Å². The number of hydrogen-bond acceptors (Lipinski definition) is 7. The van der Waals surface area contributed by atoms with Crippen molar-refractivity contribution >= 4 is 11.6 Å². The van der Waals surface area contributed by atoms with Crippen LogP contribution >= 0.6 is 0 Å². The molecule has 3 saturated carbocycles. The van der Waals surface area contributed by atoms with Gasteiger partial charge in [0.25, 0.3) is 0 Å². The monoisotopic (exact) mass is 503 g/mol. The molecule has 194 valence electrons. The lowest BCUT2D eigenvalue weighted by Crippen LogP contribution is -2.70. The minimum absolute atomic E-state index is 0.0679. The summed E-state index contributed by atoms with van der Waals surface area (Å²) >= 11 is 0. The molecular weight excluding hydrogens is 472 g/mol. The van der Waals surface area contributed by atoms with Crippen LogP contribution in [-0.4, -0.2) is 63.5 Å². The van der Waals surface area contributed by atoms with Gasteiger partial charge in [-0.05, 0) is 55.9 Å². The molecule has 1 aromatic heterocycles. The van der Waals surface area contributed by atoms with E-state index in [0.717, 1.165) is 5.56 Å². The number of Topliss-reactive ketones (excluding diaryl/α,β-unsaturated/α-hetero) is 1. The quantitative estimate of drug-likeness (QED) is 0.652. The molecular formula is C27H31F2NO6. The van der Waals surface area contributed by atoms with Crippen molar-refractivity contribution in [2.75, 3.05) is 13.2 Å². The van der Waals surface area contributed by atoms with Gasteiger partial charge in [0.15, 0.2) is 22.8 Å². The van der Waals surface area contributed by atoms with Gasteiger partial charge in [0.05, 0.1) is 25.2 Å². The van der Waals surface area contributed by atoms with Crippen molar-refractivity contribution in [1.29, 1.82) is 0 Å². The predicted octanol–water partition coefficient (Wildman–Crippen LogP) is 2.87. The van der Waals surface area contributed by atoms with Crippen LogP contribution in [0.2, 0.25) is 0 Å². The summed E-state index contributed by atoms with van der Waals surface area (Å²) in [6.07, 6.45) is 4.00. The van der Waals surface area contributed by atoms with E-state index in [1.54, 1.807) is 30.6 Å². The average molecular weight is 504 g/mol. The second-order valence-electron chi connectivity index (χ2n) is 11.7. The molecule has 7 nitrogen and oxygen atoms in total. The molecule has 6 rings (SSSR count). The first-order valence-corrected chi connectivity index (χ1v) is 12.6. The average Bonchev–Trinajstić information content (AvgIpc) is 3.53. The third kappa shape index (κ3) is 2.75. The number of aliphatic hydroxyl groups is 2. The van der Waals surface area contributed by atoms with Gasteiger partial charge in [0.2, 0.25) is 0 Å². The zero-order chi connectivity index (χ0) is 25.7. The number of aliphatic hydroxyl groups excluding tert-OH is 2. The van der Waals surface area contributed by atoms with Crippen LogP contribution in [0.25, 0.3) is 0 Å². The van der Waals surface area contributed by atoms with Gasteiger partial charge in [-0.3, -0.25) is 14.4 Å². The number of nitrogens with zero attached hydrogens (tertiary/aromatic N) is 1. The maximum absolute atomic E-state index is 17.3. The van der Waals surface area contributed by atoms with Crippen molar-refractivity contribution in [2.45, 2.75) is 63.2 Å². The smallest absolute Gasteiger partial charge is 0.192 e. The second kappa shape index (κ2) is 7.66. The maximum Gasteiger partial charge on any atom is 0.192 e. The predicted molar refractivity (Wildman–Crippen MR) is 123 cm³/mol. The van der Waals surface area contributed by atoms with Crippen LogP contribution in [0.3, 0.4) is 0 Å². The van der Waals surface area contributed by atoms with Crippen LogP contribution in [0, 0.1) is 28.6 Å². The summed E-state index contributed by atoms with van der Waals surface area (Å²) in [7, 11) is 0. The number of hydroxylamine groups is 2. The summed E-state index contributed by atoms with van der Waals surface area (Å²) in [5.41, 5.74) is -5.27. The van der Waals surface area contributed by atoms with E-state index in [-0.39, 0.29) is 24.3 Å². The Hall–Kier alpha value is -2.20. The Bertz CT molecular complexity index is 1170. The highest BCUT2D eigenvalue weighted by Crippen LogP contribution is 2.72. The highest BCUT2D eigenvalue weighted by atomic mass is 19.1. The fourth-order valence-electron chi connectivity index (χ4n) is 8.62. The standard InChI is InChI=1S/C27H31F2NO6/c1-24-5-3-17(32)8-20(24)21(28)9-19-18-7-16-12-30(11-15-4-6-35-14-15)36-27(16,23(34)13-31)25(18,2)10-22(33)26(19,24)29/h3-6,8,14,16,18-19,21-22,31,33H,7,9-13H2,1-2H3/t16-,18-,19-,21-,22-,24-,25-,26-,27-/m0/s1. The summed E-state index contributed by atoms with van der Waals surface area (Å²) in [4.78, 5) is 31.8. The van der Waals surface area contributed by atoms with E-state index in [9.17, 15) is 19.8 Å². The molecule has 1 saturated heterocycles. The minimum Gasteiger partial charge on any atom is -0.472 e. The number of furan rings is 1. The number of halogens is 2. The van der Waals surface area contributed by atoms with Crippen molar-refractivity contribution in [1.82, 2.24) is 5.06 Å². The van der Waals surface area contributed by atoms with Gasteiger partial charge in [-0.2, -0.15) is 5.06 Å². The maximum atomic E-state index is 17.3. The fraction of sp³-hybridized carbons (Fsp3) is 0.630. The van der Waals surface area contributed by atoms with Crippen molar-refractivity contribution in [3.8, 4) is 0 Å². The largest absolute Gasteiger partial charge is 0.472 e. The lowest BCUT2D eigenvalue weighted by atomic mass is 9.44. The van der Waals surface area contributed by atoms with E-state index >= 15 is 8.78 Å². The molecule has 0 spiro atoms. The van der Waals surface area contributed by atoms with Gasteiger partial charge in [-0.25, -0.2) is 8.78 Å². The van der Waals surface area contributed by atoms with E-state index in [1.165, 1.54) is 18.2 Å². The molecule has 5 aliphatic rings. The Morgan fingerprint density at radius 3 is 2.75 bits per heavy atom. The zero-order valence-electron chi connectivity index (χ0n) is 20.3. The van der Waals surface area contributed by atoms with Gasteiger partial charge in [0.1, 0.15) is 12.8 Å². The molecule has 9 atom stereocenters. The van der Waals surface area contributed by atoms with E-state index in [2.05, 4.69) is 0 Å². The number of rotatable bonds is 4. The van der Waals surface area contributed by atoms with Crippen LogP contribution in [-0.2, 0) is 21.0 Å². The number of allylic oxidation sites excluding steroid dienone is 4. The molecule has 4 aliphatic carbocycles. The third-order valence-electron chi connectivity index (χ3n) is 10.2. The highest BCUT2D eigenvalue weighted by molar-refractivity contribution is 6.01. The summed E-state index contributed by atoms with van der Waals surface area (Å²) in [6, 6.07) is 1.79. The lowest BCUT2D eigenvalue weighted by molar-refractivity contribution is -0.269. The molecule has 0 amide bonds. The topological polar surface area (TPSA) is 100 Å². The molecule has 2 heterocycles. The SMILES string of the molecule is C[C@]12C=CC(=O)C=C1[C@@H](F)C[C@H]1[C@@H]3C[C@H]4CN(Cc5ccoc5)O[C@@]4(C(=O)CO)[C@@]3(C)C[C@H](O)[C@@]12F. The van der Waals surface area contributed by atoms with E-state index in [0.29, 0.717) is 19.5 Å². The van der Waals surface area contributed by atoms with Crippen molar-refractivity contribution < 1.29 is 37.8 Å². The molecule has 9 heteroatoms. The van der Waals surface area contributed by atoms with Crippen molar-refractivity contribution in [2.24, 2.45) is 28.6 Å². The first-order valence-electron chi connectivity index (χ1n) is 12.6. The molecule has 2 N–H and O–H groups in total. The first kappa shape index (κ1) is 24.2. The Morgan fingerprint density at radius 1 is 1.28 bits per heavy atom. The van der Waals surface area contributed by atoms with Gasteiger partial charge in [-0.1, -0.05) is 13.0 Å². The van der Waals surface area contributed by atoms with Crippen molar-refractivity contribution in [3.63, 3.8) is 0 Å². The Morgan fingerprint density at radius 2 is 2.06 bits per heavy atom.